The maximum Gasteiger partial charge on any atom is 0.469 e. The summed E-state index contributed by atoms with van der Waals surface area (Å²) in [5, 5.41) is 8.74. The molecule has 0 aliphatic heterocycles. The third-order valence-electron chi connectivity index (χ3n) is 1.29. The highest BCUT2D eigenvalue weighted by Gasteiger charge is 2.14. The van der Waals surface area contributed by atoms with Gasteiger partial charge in [0.2, 0.25) is 0 Å². The molecule has 0 spiro atoms. The smallest absolute Gasteiger partial charge is 0.386 e. The molecule has 1 atom stereocenters. The van der Waals surface area contributed by atoms with Crippen molar-refractivity contribution in [2.45, 2.75) is 25.9 Å². The molecule has 0 saturated heterocycles. The summed E-state index contributed by atoms with van der Waals surface area (Å²) in [4.78, 5) is 27.3. The van der Waals surface area contributed by atoms with Crippen LogP contribution in [0.5, 0.6) is 0 Å². The summed E-state index contributed by atoms with van der Waals surface area (Å²) in [6.07, 6.45) is -0.790. The highest BCUT2D eigenvalue weighted by molar-refractivity contribution is 7.46. The minimum atomic E-state index is -4.42. The van der Waals surface area contributed by atoms with Gasteiger partial charge < -0.3 is 14.9 Å². The summed E-state index contributed by atoms with van der Waals surface area (Å²) in [5.41, 5.74) is 0. The largest absolute Gasteiger partial charge is 0.469 e. The van der Waals surface area contributed by atoms with Crippen LogP contribution >= 0.6 is 7.82 Å². The highest BCUT2D eigenvalue weighted by atomic mass is 31.2. The van der Waals surface area contributed by atoms with E-state index in [1.54, 1.807) is 0 Å². The second-order valence-electron chi connectivity index (χ2n) is 2.57. The molecule has 0 aromatic carbocycles. The highest BCUT2D eigenvalue weighted by Crippen LogP contribution is 2.35. The van der Waals surface area contributed by atoms with Crippen molar-refractivity contribution in [1.29, 1.82) is 0 Å². The van der Waals surface area contributed by atoms with Crippen LogP contribution in [0.4, 0.5) is 0 Å². The van der Waals surface area contributed by atoms with Crippen LogP contribution in [0, 0.1) is 0 Å². The zero-order valence-electron chi connectivity index (χ0n) is 7.21. The van der Waals surface area contributed by atoms with Gasteiger partial charge in [0.1, 0.15) is 6.10 Å². The summed E-state index contributed by atoms with van der Waals surface area (Å²) >= 11 is 0. The van der Waals surface area contributed by atoms with E-state index in [4.69, 9.17) is 14.9 Å². The Hall–Kier alpha value is -0.260. The van der Waals surface area contributed by atoms with Crippen molar-refractivity contribution in [3.63, 3.8) is 0 Å². The van der Waals surface area contributed by atoms with E-state index in [1.165, 1.54) is 6.92 Å². The summed E-state index contributed by atoms with van der Waals surface area (Å²) in [5.74, 6) is -0.366. The number of carbonyl (C=O) groups excluding carboxylic acids is 1. The third-order valence-corrected chi connectivity index (χ3v) is 1.81. The molecule has 78 valence electrons. The Labute approximate surface area is 75.8 Å². The average molecular weight is 212 g/mol. The first-order valence-corrected chi connectivity index (χ1v) is 5.27. The molecular weight excluding hydrogens is 199 g/mol. The van der Waals surface area contributed by atoms with Gasteiger partial charge in [-0.2, -0.15) is 0 Å². The van der Waals surface area contributed by atoms with Crippen LogP contribution in [0.1, 0.15) is 19.8 Å². The van der Waals surface area contributed by atoms with Gasteiger partial charge >= 0.3 is 7.82 Å². The van der Waals surface area contributed by atoms with Gasteiger partial charge in [0, 0.05) is 6.42 Å². The predicted octanol–water partition coefficient (Wildman–Crippen LogP) is -0.174. The van der Waals surface area contributed by atoms with Gasteiger partial charge in [-0.3, -0.25) is 9.32 Å². The van der Waals surface area contributed by atoms with Gasteiger partial charge in [-0.05, 0) is 13.3 Å². The normalized spacial score (nSPS) is 14.2. The Bertz CT molecular complexity index is 207. The van der Waals surface area contributed by atoms with Crippen LogP contribution in [0.15, 0.2) is 0 Å². The van der Waals surface area contributed by atoms with Gasteiger partial charge in [-0.1, -0.05) is 0 Å². The molecule has 7 heteroatoms. The van der Waals surface area contributed by atoms with Crippen LogP contribution in [0.3, 0.4) is 0 Å². The fraction of sp³-hybridized carbons (Fsp3) is 0.833. The first-order chi connectivity index (χ1) is 5.83. The van der Waals surface area contributed by atoms with Crippen LogP contribution in [0.2, 0.25) is 0 Å². The quantitative estimate of drug-likeness (QED) is 0.417. The SMILES string of the molecule is C[C@H](O)C(=O)CCCOP(=O)(O)O. The Morgan fingerprint density at radius 2 is 2.08 bits per heavy atom. The first-order valence-electron chi connectivity index (χ1n) is 3.74. The minimum absolute atomic E-state index is 0.0532. The molecule has 0 saturated carbocycles. The lowest BCUT2D eigenvalue weighted by Gasteiger charge is -2.05. The van der Waals surface area contributed by atoms with Crippen molar-refractivity contribution in [3.8, 4) is 0 Å². The second kappa shape index (κ2) is 5.47. The van der Waals surface area contributed by atoms with Crippen molar-refractivity contribution in [1.82, 2.24) is 0 Å². The van der Waals surface area contributed by atoms with E-state index < -0.39 is 13.9 Å². The van der Waals surface area contributed by atoms with Crippen molar-refractivity contribution in [3.05, 3.63) is 0 Å². The summed E-state index contributed by atoms with van der Waals surface area (Å²) in [7, 11) is -4.42. The van der Waals surface area contributed by atoms with Crippen molar-refractivity contribution in [2.24, 2.45) is 0 Å². The maximum atomic E-state index is 10.8. The Morgan fingerprint density at radius 3 is 2.46 bits per heavy atom. The molecule has 0 radical (unpaired) electrons. The Balaban J connectivity index is 3.47. The van der Waals surface area contributed by atoms with E-state index in [0.717, 1.165) is 0 Å². The summed E-state index contributed by atoms with van der Waals surface area (Å²) in [6.45, 7) is 1.15. The van der Waals surface area contributed by atoms with Gasteiger partial charge in [0.05, 0.1) is 6.61 Å². The van der Waals surface area contributed by atoms with E-state index in [9.17, 15) is 9.36 Å². The number of Topliss-reactive ketones (excluding diaryl/α,β-unsaturated/α-hetero) is 1. The fourth-order valence-electron chi connectivity index (χ4n) is 0.639. The number of hydrogen-bond donors (Lipinski definition) is 3. The molecule has 0 aromatic rings. The molecule has 6 nitrogen and oxygen atoms in total. The average Bonchev–Trinajstić information content (AvgIpc) is 1.95. The van der Waals surface area contributed by atoms with E-state index >= 15 is 0 Å². The maximum absolute atomic E-state index is 10.8. The van der Waals surface area contributed by atoms with E-state index in [-0.39, 0.29) is 25.2 Å². The molecule has 0 fully saturated rings. The van der Waals surface area contributed by atoms with Gasteiger partial charge in [0.25, 0.3) is 0 Å². The third kappa shape index (κ3) is 8.08. The van der Waals surface area contributed by atoms with Crippen molar-refractivity contribution in [2.75, 3.05) is 6.61 Å². The van der Waals surface area contributed by atoms with E-state index in [0.29, 0.717) is 0 Å². The molecule has 0 aliphatic carbocycles. The number of rotatable bonds is 6. The standard InChI is InChI=1S/C6H13O6P/c1-5(7)6(8)3-2-4-12-13(9,10)11/h5,7H,2-4H2,1H3,(H2,9,10,11)/t5-/m0/s1. The van der Waals surface area contributed by atoms with Crippen LogP contribution in [-0.4, -0.2) is 33.4 Å². The first kappa shape index (κ1) is 12.7. The number of ketones is 1. The summed E-state index contributed by atoms with van der Waals surface area (Å²) < 4.78 is 14.2. The molecule has 13 heavy (non-hydrogen) atoms. The summed E-state index contributed by atoms with van der Waals surface area (Å²) in [6, 6.07) is 0. The Kier molecular flexibility index (Phi) is 5.36. The molecule has 0 aliphatic rings. The van der Waals surface area contributed by atoms with Crippen LogP contribution in [0.25, 0.3) is 0 Å². The number of hydrogen-bond acceptors (Lipinski definition) is 4. The zero-order valence-corrected chi connectivity index (χ0v) is 8.11. The van der Waals surface area contributed by atoms with Crippen molar-refractivity contribution >= 4 is 13.6 Å². The molecule has 0 aromatic heterocycles. The molecule has 0 bridgehead atoms. The van der Waals surface area contributed by atoms with Crippen LogP contribution in [-0.2, 0) is 13.9 Å². The van der Waals surface area contributed by atoms with E-state index in [1.807, 2.05) is 0 Å². The fourth-order valence-corrected chi connectivity index (χ4v) is 1.01. The van der Waals surface area contributed by atoms with Crippen LogP contribution < -0.4 is 0 Å². The second-order valence-corrected chi connectivity index (χ2v) is 3.81. The number of phosphoric acid groups is 1. The molecule has 0 heterocycles. The lowest BCUT2D eigenvalue weighted by atomic mass is 10.1. The van der Waals surface area contributed by atoms with Gasteiger partial charge in [-0.15, -0.1) is 0 Å². The van der Waals surface area contributed by atoms with Crippen molar-refractivity contribution < 1.29 is 28.8 Å². The van der Waals surface area contributed by atoms with Gasteiger partial charge in [0.15, 0.2) is 5.78 Å². The lowest BCUT2D eigenvalue weighted by Crippen LogP contribution is -2.16. The minimum Gasteiger partial charge on any atom is -0.386 e. The van der Waals surface area contributed by atoms with Gasteiger partial charge in [-0.25, -0.2) is 4.57 Å². The number of carbonyl (C=O) groups is 1. The predicted molar refractivity (Wildman–Crippen MR) is 43.9 cm³/mol. The molecule has 0 rings (SSSR count). The zero-order chi connectivity index (χ0) is 10.5. The Morgan fingerprint density at radius 1 is 1.54 bits per heavy atom. The number of aliphatic hydroxyl groups excluding tert-OH is 1. The lowest BCUT2D eigenvalue weighted by molar-refractivity contribution is -0.126. The number of aliphatic hydroxyl groups is 1. The van der Waals surface area contributed by atoms with E-state index in [2.05, 4.69) is 4.52 Å². The molecular formula is C6H13O6P. The molecule has 0 unspecified atom stereocenters. The topological polar surface area (TPSA) is 104 Å². The number of phosphoric ester groups is 1. The molecule has 3 N–H and O–H groups in total. The monoisotopic (exact) mass is 212 g/mol. The molecule has 0 amide bonds.